The van der Waals surface area contributed by atoms with Crippen LogP contribution in [0.3, 0.4) is 0 Å². The first-order chi connectivity index (χ1) is 14.2. The van der Waals surface area contributed by atoms with Crippen molar-refractivity contribution >= 4 is 27.7 Å². The topological polar surface area (TPSA) is 41.9 Å². The van der Waals surface area contributed by atoms with Crippen LogP contribution in [-0.4, -0.2) is 36.9 Å². The molecule has 1 fully saturated rings. The highest BCUT2D eigenvalue weighted by atomic mass is 79.9. The summed E-state index contributed by atoms with van der Waals surface area (Å²) in [5.41, 5.74) is 1.51. The number of amides is 1. The number of aliphatic imine (C=N–C) groups is 1. The third kappa shape index (κ3) is 3.74. The van der Waals surface area contributed by atoms with Gasteiger partial charge in [0.25, 0.3) is 5.91 Å². The number of halogens is 1. The molecule has 1 heterocycles. The van der Waals surface area contributed by atoms with E-state index in [0.29, 0.717) is 12.0 Å². The molecule has 0 bridgehead atoms. The van der Waals surface area contributed by atoms with Gasteiger partial charge in [0.1, 0.15) is 5.84 Å². The predicted molar refractivity (Wildman–Crippen MR) is 125 cm³/mol. The molecule has 1 saturated carbocycles. The number of terminal acetylenes is 1. The van der Waals surface area contributed by atoms with E-state index in [4.69, 9.17) is 16.2 Å². The van der Waals surface area contributed by atoms with E-state index >= 15 is 0 Å². The number of methoxy groups -OCH3 is 1. The lowest BCUT2D eigenvalue weighted by Crippen LogP contribution is -2.51. The van der Waals surface area contributed by atoms with Crippen molar-refractivity contribution in [2.24, 2.45) is 16.3 Å². The average Bonchev–Trinajstić information content (AvgIpc) is 3.10. The Bertz CT molecular complexity index is 878. The summed E-state index contributed by atoms with van der Waals surface area (Å²) >= 11 is 3.59. The molecule has 5 heteroatoms. The lowest BCUT2D eigenvalue weighted by atomic mass is 9.61. The molecule has 0 aromatic heterocycles. The molecule has 0 radical (unpaired) electrons. The van der Waals surface area contributed by atoms with E-state index in [0.717, 1.165) is 54.4 Å². The lowest BCUT2D eigenvalue weighted by Gasteiger charge is -2.45. The van der Waals surface area contributed by atoms with Crippen molar-refractivity contribution < 1.29 is 9.53 Å². The summed E-state index contributed by atoms with van der Waals surface area (Å²) in [6, 6.07) is 6.35. The number of ether oxygens (including phenoxy) is 1. The van der Waals surface area contributed by atoms with Crippen LogP contribution in [0.1, 0.15) is 64.0 Å². The number of benzene rings is 1. The van der Waals surface area contributed by atoms with Gasteiger partial charge in [-0.05, 0) is 68.2 Å². The Labute approximate surface area is 189 Å². The second-order valence-corrected chi connectivity index (χ2v) is 10.1. The molecule has 162 valence electrons. The number of amidine groups is 1. The highest BCUT2D eigenvalue weighted by Gasteiger charge is 2.65. The quantitative estimate of drug-likeness (QED) is 0.545. The van der Waals surface area contributed by atoms with Crippen molar-refractivity contribution in [1.29, 1.82) is 0 Å². The van der Waals surface area contributed by atoms with Crippen molar-refractivity contribution in [3.05, 3.63) is 33.8 Å². The number of carbonyl (C=O) groups excluding carboxylic acids is 1. The van der Waals surface area contributed by atoms with E-state index in [2.05, 4.69) is 53.9 Å². The molecule has 1 unspecified atom stereocenters. The van der Waals surface area contributed by atoms with Gasteiger partial charge in [-0.25, -0.2) is 0 Å². The van der Waals surface area contributed by atoms with Crippen molar-refractivity contribution in [2.45, 2.75) is 70.9 Å². The molecule has 2 spiro atoms. The summed E-state index contributed by atoms with van der Waals surface area (Å²) in [7, 11) is 3.64. The van der Waals surface area contributed by atoms with E-state index in [1.807, 2.05) is 14.0 Å². The largest absolute Gasteiger partial charge is 0.381 e. The van der Waals surface area contributed by atoms with Crippen LogP contribution in [0.2, 0.25) is 0 Å². The standard InChI is InChI=1S/C19H23BrN2O2.C6H10/c1-12-21-19(17(23)22(12)2)16-10-14(20)5-4-13(16)11-18(19)8-6-15(24-3)7-9-18;1-4-5-6(2)3/h4-5,10,15H,6-9,11H2,1-3H3;1,6H,5H2,2-3H3. The second-order valence-electron chi connectivity index (χ2n) is 9.23. The van der Waals surface area contributed by atoms with Gasteiger partial charge in [-0.15, -0.1) is 12.3 Å². The number of hydrogen-bond donors (Lipinski definition) is 0. The molecular weight excluding hydrogens is 440 g/mol. The molecule has 1 aliphatic heterocycles. The number of carbonyl (C=O) groups is 1. The van der Waals surface area contributed by atoms with Crippen LogP contribution in [0, 0.1) is 23.7 Å². The van der Waals surface area contributed by atoms with Gasteiger partial charge in [0.2, 0.25) is 0 Å². The predicted octanol–water partition coefficient (Wildman–Crippen LogP) is 5.33. The molecule has 1 atom stereocenters. The first-order valence-electron chi connectivity index (χ1n) is 10.8. The maximum Gasteiger partial charge on any atom is 0.260 e. The van der Waals surface area contributed by atoms with Gasteiger partial charge in [-0.1, -0.05) is 35.8 Å². The van der Waals surface area contributed by atoms with Crippen LogP contribution < -0.4 is 0 Å². The van der Waals surface area contributed by atoms with Crippen molar-refractivity contribution in [2.75, 3.05) is 14.2 Å². The zero-order valence-electron chi connectivity index (χ0n) is 18.8. The number of likely N-dealkylation sites (N-methyl/N-ethyl adjacent to an activating group) is 1. The fraction of sp³-hybridized carbons (Fsp3) is 0.600. The van der Waals surface area contributed by atoms with E-state index < -0.39 is 5.54 Å². The minimum absolute atomic E-state index is 0.117. The Kier molecular flexibility index (Phi) is 6.79. The lowest BCUT2D eigenvalue weighted by molar-refractivity contribution is -0.137. The normalized spacial score (nSPS) is 29.7. The van der Waals surface area contributed by atoms with Crippen LogP contribution in [0.15, 0.2) is 27.7 Å². The highest BCUT2D eigenvalue weighted by molar-refractivity contribution is 9.10. The Hall–Kier alpha value is -1.64. The van der Waals surface area contributed by atoms with Crippen LogP contribution >= 0.6 is 15.9 Å². The fourth-order valence-corrected chi connectivity index (χ4v) is 5.61. The molecule has 1 aromatic carbocycles. The van der Waals surface area contributed by atoms with Crippen molar-refractivity contribution in [3.63, 3.8) is 0 Å². The average molecular weight is 473 g/mol. The third-order valence-electron chi connectivity index (χ3n) is 6.94. The van der Waals surface area contributed by atoms with E-state index in [9.17, 15) is 4.79 Å². The smallest absolute Gasteiger partial charge is 0.260 e. The molecule has 4 rings (SSSR count). The number of rotatable bonds is 2. The van der Waals surface area contributed by atoms with E-state index in [-0.39, 0.29) is 11.3 Å². The number of fused-ring (bicyclic) bond motifs is 3. The first kappa shape index (κ1) is 23.0. The molecule has 1 aromatic rings. The zero-order valence-corrected chi connectivity index (χ0v) is 20.4. The van der Waals surface area contributed by atoms with E-state index in [1.165, 1.54) is 5.56 Å². The van der Waals surface area contributed by atoms with E-state index in [1.54, 1.807) is 12.0 Å². The first-order valence-corrected chi connectivity index (χ1v) is 11.6. The van der Waals surface area contributed by atoms with Gasteiger partial charge in [0, 0.05) is 30.5 Å². The molecule has 0 saturated heterocycles. The third-order valence-corrected chi connectivity index (χ3v) is 7.43. The van der Waals surface area contributed by atoms with Gasteiger partial charge in [0.05, 0.1) is 6.10 Å². The summed E-state index contributed by atoms with van der Waals surface area (Å²) in [6.45, 7) is 6.16. The Morgan fingerprint density at radius 1 is 1.37 bits per heavy atom. The van der Waals surface area contributed by atoms with Gasteiger partial charge in [0.15, 0.2) is 5.54 Å². The minimum atomic E-state index is -0.746. The monoisotopic (exact) mass is 472 g/mol. The second kappa shape index (κ2) is 8.85. The Morgan fingerprint density at radius 2 is 2.03 bits per heavy atom. The molecule has 0 N–H and O–H groups in total. The number of hydrogen-bond acceptors (Lipinski definition) is 3. The van der Waals surface area contributed by atoms with Crippen molar-refractivity contribution in [1.82, 2.24) is 4.90 Å². The highest BCUT2D eigenvalue weighted by Crippen LogP contribution is 2.62. The van der Waals surface area contributed by atoms with Crippen LogP contribution in [0.4, 0.5) is 0 Å². The Morgan fingerprint density at radius 3 is 2.50 bits per heavy atom. The summed E-state index contributed by atoms with van der Waals surface area (Å²) < 4.78 is 6.58. The van der Waals surface area contributed by atoms with Gasteiger partial charge < -0.3 is 9.64 Å². The fourth-order valence-electron chi connectivity index (χ4n) is 5.25. The van der Waals surface area contributed by atoms with Gasteiger partial charge in [-0.2, -0.15) is 0 Å². The molecule has 1 amide bonds. The molecule has 30 heavy (non-hydrogen) atoms. The molecule has 4 nitrogen and oxygen atoms in total. The SMILES string of the molecule is C#CCC(C)C.COC1CCC2(CC1)Cc1ccc(Br)cc1C21N=C(C)N(C)C1=O. The van der Waals surface area contributed by atoms with Crippen LogP contribution in [0.5, 0.6) is 0 Å². The maximum atomic E-state index is 13.4. The molecular formula is C25H33BrN2O2. The van der Waals surface area contributed by atoms with Gasteiger partial charge >= 0.3 is 0 Å². The van der Waals surface area contributed by atoms with Crippen LogP contribution in [-0.2, 0) is 21.5 Å². The summed E-state index contributed by atoms with van der Waals surface area (Å²) in [4.78, 5) is 20.2. The van der Waals surface area contributed by atoms with Crippen LogP contribution in [0.25, 0.3) is 0 Å². The molecule has 3 aliphatic rings. The zero-order chi connectivity index (χ0) is 22.1. The molecule has 2 aliphatic carbocycles. The summed E-state index contributed by atoms with van der Waals surface area (Å²) in [5.74, 6) is 4.18. The van der Waals surface area contributed by atoms with Crippen molar-refractivity contribution in [3.8, 4) is 12.3 Å². The maximum absolute atomic E-state index is 13.4. The summed E-state index contributed by atoms with van der Waals surface area (Å²) in [5, 5.41) is 0. The number of nitrogens with zero attached hydrogens (tertiary/aromatic N) is 2. The summed E-state index contributed by atoms with van der Waals surface area (Å²) in [6.07, 6.45) is 11.1. The minimum Gasteiger partial charge on any atom is -0.381 e. The Balaban J connectivity index is 0.000000377. The van der Waals surface area contributed by atoms with Gasteiger partial charge in [-0.3, -0.25) is 9.79 Å².